The van der Waals surface area contributed by atoms with Gasteiger partial charge in [0.2, 0.25) is 0 Å². The Morgan fingerprint density at radius 3 is 3.00 bits per heavy atom. The number of aliphatic carboxylic acids is 1. The summed E-state index contributed by atoms with van der Waals surface area (Å²) in [7, 11) is 1.83. The normalized spacial score (nSPS) is 12.8. The maximum absolute atomic E-state index is 10.4. The van der Waals surface area contributed by atoms with Crippen molar-refractivity contribution in [2.75, 3.05) is 0 Å². The van der Waals surface area contributed by atoms with Gasteiger partial charge >= 0.3 is 5.97 Å². The molecule has 1 heterocycles. The van der Waals surface area contributed by atoms with Crippen molar-refractivity contribution < 1.29 is 14.6 Å². The third kappa shape index (κ3) is 2.55. The summed E-state index contributed by atoms with van der Waals surface area (Å²) in [5.74, 6) is -0.248. The van der Waals surface area contributed by atoms with Gasteiger partial charge in [0.05, 0.1) is 0 Å². The van der Waals surface area contributed by atoms with E-state index in [0.29, 0.717) is 5.82 Å². The van der Waals surface area contributed by atoms with Gasteiger partial charge in [0, 0.05) is 19.4 Å². The van der Waals surface area contributed by atoms with Gasteiger partial charge < -0.3 is 14.4 Å². The first-order valence-corrected chi connectivity index (χ1v) is 3.92. The third-order valence-electron chi connectivity index (χ3n) is 1.73. The topological polar surface area (TPSA) is 64.4 Å². The fraction of sp³-hybridized carbons (Fsp3) is 0.500. The molecule has 1 aromatic heterocycles. The largest absolute Gasteiger partial charge is 0.479 e. The van der Waals surface area contributed by atoms with Gasteiger partial charge in [-0.3, -0.25) is 0 Å². The van der Waals surface area contributed by atoms with Crippen LogP contribution in [0, 0.1) is 0 Å². The lowest BCUT2D eigenvalue weighted by Crippen LogP contribution is -2.20. The highest BCUT2D eigenvalue weighted by atomic mass is 16.5. The van der Waals surface area contributed by atoms with Crippen LogP contribution in [0.3, 0.4) is 0 Å². The Morgan fingerprint density at radius 1 is 1.85 bits per heavy atom. The number of nitrogens with zero attached hydrogens (tertiary/aromatic N) is 2. The number of carboxylic acid groups (broad SMARTS) is 1. The summed E-state index contributed by atoms with van der Waals surface area (Å²) in [6, 6.07) is 0. The zero-order valence-corrected chi connectivity index (χ0v) is 7.60. The second kappa shape index (κ2) is 4.04. The molecule has 5 nitrogen and oxygen atoms in total. The van der Waals surface area contributed by atoms with Crippen LogP contribution in [0.4, 0.5) is 0 Å². The molecule has 13 heavy (non-hydrogen) atoms. The molecule has 1 N–H and O–H groups in total. The number of carboxylic acids is 1. The Morgan fingerprint density at radius 2 is 2.54 bits per heavy atom. The highest BCUT2D eigenvalue weighted by Crippen LogP contribution is 2.00. The molecule has 1 aromatic rings. The van der Waals surface area contributed by atoms with Crippen molar-refractivity contribution in [2.45, 2.75) is 19.6 Å². The minimum Gasteiger partial charge on any atom is -0.479 e. The predicted molar refractivity (Wildman–Crippen MR) is 45.1 cm³/mol. The van der Waals surface area contributed by atoms with E-state index in [-0.39, 0.29) is 6.61 Å². The maximum Gasteiger partial charge on any atom is 0.332 e. The molecule has 0 saturated carbocycles. The van der Waals surface area contributed by atoms with Crippen LogP contribution in [-0.4, -0.2) is 26.7 Å². The molecule has 72 valence electrons. The Hall–Kier alpha value is -1.36. The highest BCUT2D eigenvalue weighted by Gasteiger charge is 2.11. The lowest BCUT2D eigenvalue weighted by atomic mass is 10.4. The summed E-state index contributed by atoms with van der Waals surface area (Å²) in [6.45, 7) is 1.71. The van der Waals surface area contributed by atoms with E-state index >= 15 is 0 Å². The predicted octanol–water partition coefficient (Wildman–Crippen LogP) is 0.410. The molecule has 1 atom stereocenters. The molecule has 0 radical (unpaired) electrons. The molecule has 0 aliphatic rings. The van der Waals surface area contributed by atoms with Gasteiger partial charge in [0.1, 0.15) is 12.4 Å². The molecule has 0 aromatic carbocycles. The lowest BCUT2D eigenvalue weighted by Gasteiger charge is -2.07. The number of hydrogen-bond acceptors (Lipinski definition) is 3. The molecule has 0 saturated heterocycles. The van der Waals surface area contributed by atoms with E-state index in [0.717, 1.165) is 0 Å². The molecule has 0 bridgehead atoms. The number of aryl methyl sites for hydroxylation is 1. The van der Waals surface area contributed by atoms with E-state index in [2.05, 4.69) is 4.98 Å². The Labute approximate surface area is 76.0 Å². The molecule has 0 amide bonds. The van der Waals surface area contributed by atoms with E-state index in [9.17, 15) is 4.79 Å². The second-order valence-electron chi connectivity index (χ2n) is 2.75. The van der Waals surface area contributed by atoms with Crippen molar-refractivity contribution in [1.29, 1.82) is 0 Å². The van der Waals surface area contributed by atoms with Gasteiger partial charge in [-0.1, -0.05) is 0 Å². The molecule has 1 rings (SSSR count). The minimum atomic E-state index is -0.964. The van der Waals surface area contributed by atoms with Gasteiger partial charge in [0.15, 0.2) is 6.10 Å². The van der Waals surface area contributed by atoms with E-state index in [1.807, 2.05) is 7.05 Å². The van der Waals surface area contributed by atoms with E-state index in [1.54, 1.807) is 17.0 Å². The molecular weight excluding hydrogens is 172 g/mol. The van der Waals surface area contributed by atoms with Crippen LogP contribution in [0.25, 0.3) is 0 Å². The number of rotatable bonds is 4. The van der Waals surface area contributed by atoms with Crippen LogP contribution < -0.4 is 0 Å². The van der Waals surface area contributed by atoms with Gasteiger partial charge in [-0.2, -0.15) is 0 Å². The van der Waals surface area contributed by atoms with Crippen LogP contribution >= 0.6 is 0 Å². The summed E-state index contributed by atoms with van der Waals surface area (Å²) in [6.07, 6.45) is 2.63. The quantitative estimate of drug-likeness (QED) is 0.736. The fourth-order valence-electron chi connectivity index (χ4n) is 0.806. The van der Waals surface area contributed by atoms with Crippen molar-refractivity contribution in [3.63, 3.8) is 0 Å². The molecule has 0 unspecified atom stereocenters. The van der Waals surface area contributed by atoms with Crippen molar-refractivity contribution >= 4 is 5.97 Å². The first-order chi connectivity index (χ1) is 6.11. The summed E-state index contributed by atoms with van der Waals surface area (Å²) in [5, 5.41) is 8.53. The first-order valence-electron chi connectivity index (χ1n) is 3.92. The lowest BCUT2D eigenvalue weighted by molar-refractivity contribution is -0.150. The summed E-state index contributed by atoms with van der Waals surface area (Å²) in [4.78, 5) is 14.4. The van der Waals surface area contributed by atoms with Gasteiger partial charge in [0.25, 0.3) is 0 Å². The number of ether oxygens (including phenoxy) is 1. The summed E-state index contributed by atoms with van der Waals surface area (Å²) < 4.78 is 6.83. The van der Waals surface area contributed by atoms with Crippen molar-refractivity contribution in [3.8, 4) is 0 Å². The first kappa shape index (κ1) is 9.73. The SMILES string of the molecule is C[C@@H](OCc1nccn1C)C(=O)O. The molecule has 0 fully saturated rings. The maximum atomic E-state index is 10.4. The fourth-order valence-corrected chi connectivity index (χ4v) is 0.806. The second-order valence-corrected chi connectivity index (χ2v) is 2.75. The van der Waals surface area contributed by atoms with Crippen LogP contribution in [0.5, 0.6) is 0 Å². The monoisotopic (exact) mass is 184 g/mol. The smallest absolute Gasteiger partial charge is 0.332 e. The Balaban J connectivity index is 2.44. The van der Waals surface area contributed by atoms with Crippen LogP contribution in [0.1, 0.15) is 12.7 Å². The van der Waals surface area contributed by atoms with Gasteiger partial charge in [-0.05, 0) is 6.92 Å². The molecule has 0 aliphatic heterocycles. The number of carbonyl (C=O) groups is 1. The van der Waals surface area contributed by atoms with Crippen molar-refractivity contribution in [1.82, 2.24) is 9.55 Å². The van der Waals surface area contributed by atoms with Crippen molar-refractivity contribution in [2.24, 2.45) is 7.05 Å². The zero-order valence-electron chi connectivity index (χ0n) is 7.60. The average Bonchev–Trinajstić information content (AvgIpc) is 2.47. The van der Waals surface area contributed by atoms with Gasteiger partial charge in [-0.15, -0.1) is 0 Å². The number of aromatic nitrogens is 2. The summed E-state index contributed by atoms with van der Waals surface area (Å²) in [5.41, 5.74) is 0. The number of hydrogen-bond donors (Lipinski definition) is 1. The number of imidazole rings is 1. The van der Waals surface area contributed by atoms with E-state index in [1.165, 1.54) is 6.92 Å². The van der Waals surface area contributed by atoms with Crippen LogP contribution in [0.2, 0.25) is 0 Å². The average molecular weight is 184 g/mol. The van der Waals surface area contributed by atoms with Crippen molar-refractivity contribution in [3.05, 3.63) is 18.2 Å². The molecule has 0 spiro atoms. The summed E-state index contributed by atoms with van der Waals surface area (Å²) >= 11 is 0. The molecular formula is C8H12N2O3. The van der Waals surface area contributed by atoms with E-state index in [4.69, 9.17) is 9.84 Å². The van der Waals surface area contributed by atoms with Crippen LogP contribution in [0.15, 0.2) is 12.4 Å². The highest BCUT2D eigenvalue weighted by molar-refractivity contribution is 5.71. The minimum absolute atomic E-state index is 0.219. The van der Waals surface area contributed by atoms with Crippen LogP contribution in [-0.2, 0) is 23.2 Å². The third-order valence-corrected chi connectivity index (χ3v) is 1.73. The molecule has 0 aliphatic carbocycles. The zero-order chi connectivity index (χ0) is 9.84. The molecule has 5 heteroatoms. The van der Waals surface area contributed by atoms with E-state index < -0.39 is 12.1 Å². The standard InChI is InChI=1S/C8H12N2O3/c1-6(8(11)12)13-5-7-9-3-4-10(7)2/h3-4,6H,5H2,1-2H3,(H,11,12)/t6-/m1/s1. The Kier molecular flexibility index (Phi) is 3.02. The Bertz CT molecular complexity index is 295. The van der Waals surface area contributed by atoms with Gasteiger partial charge in [-0.25, -0.2) is 9.78 Å².